The van der Waals surface area contributed by atoms with Gasteiger partial charge in [0.25, 0.3) is 0 Å². The second-order valence-corrected chi connectivity index (χ2v) is 7.37. The fraction of sp³-hybridized carbons (Fsp3) is 0.471. The fourth-order valence-corrected chi connectivity index (χ4v) is 4.48. The molecule has 1 spiro atoms. The molecule has 4 rings (SSSR count). The van der Waals surface area contributed by atoms with E-state index in [1.165, 1.54) is 43.7 Å². The molecule has 0 unspecified atom stereocenters. The Bertz CT molecular complexity index is 575. The van der Waals surface area contributed by atoms with Gasteiger partial charge >= 0.3 is 0 Å². The Morgan fingerprint density at radius 3 is 2.52 bits per heavy atom. The molecule has 2 aliphatic heterocycles. The number of likely N-dealkylation sites (tertiary alicyclic amines) is 2. The first-order valence-corrected chi connectivity index (χ1v) is 8.60. The number of pyridine rings is 1. The molecule has 2 saturated heterocycles. The molecule has 3 nitrogen and oxygen atoms in total. The van der Waals surface area contributed by atoms with Crippen LogP contribution in [0.25, 0.3) is 0 Å². The average Bonchev–Trinajstić information content (AvgIpc) is 3.10. The number of rotatable bonds is 4. The molecule has 0 bridgehead atoms. The predicted molar refractivity (Wildman–Crippen MR) is 86.2 cm³/mol. The smallest absolute Gasteiger partial charge is 0.0271 e. The van der Waals surface area contributed by atoms with Crippen LogP contribution in [-0.2, 0) is 13.1 Å². The van der Waals surface area contributed by atoms with Crippen LogP contribution in [0.4, 0.5) is 0 Å². The average molecular weight is 299 g/mol. The van der Waals surface area contributed by atoms with Crippen LogP contribution in [0.2, 0.25) is 0 Å². The minimum atomic E-state index is 0.572. The molecule has 4 heterocycles. The van der Waals surface area contributed by atoms with Crippen molar-refractivity contribution in [2.24, 2.45) is 5.41 Å². The summed E-state index contributed by atoms with van der Waals surface area (Å²) in [7, 11) is 0. The van der Waals surface area contributed by atoms with Gasteiger partial charge in [-0.05, 0) is 53.1 Å². The van der Waals surface area contributed by atoms with Gasteiger partial charge < -0.3 is 0 Å². The molecule has 2 fully saturated rings. The van der Waals surface area contributed by atoms with E-state index in [0.29, 0.717) is 5.41 Å². The van der Waals surface area contributed by atoms with E-state index in [0.717, 1.165) is 13.1 Å². The standard InChI is InChI=1S/C17H21N3S/c1-5-18-6-2-15(1)9-19-7-4-17(12-19)13-20(14-17)10-16-3-8-21-11-16/h1-3,5-6,8,11H,4,7,9-10,12-14H2. The van der Waals surface area contributed by atoms with Crippen molar-refractivity contribution in [2.45, 2.75) is 19.5 Å². The molecular formula is C17H21N3S. The Morgan fingerprint density at radius 2 is 1.76 bits per heavy atom. The van der Waals surface area contributed by atoms with E-state index < -0.39 is 0 Å². The van der Waals surface area contributed by atoms with Crippen molar-refractivity contribution < 1.29 is 0 Å². The summed E-state index contributed by atoms with van der Waals surface area (Å²) >= 11 is 1.80. The highest BCUT2D eigenvalue weighted by Gasteiger charge is 2.47. The highest BCUT2D eigenvalue weighted by molar-refractivity contribution is 7.07. The first-order chi connectivity index (χ1) is 10.3. The van der Waals surface area contributed by atoms with Crippen molar-refractivity contribution in [3.63, 3.8) is 0 Å². The maximum absolute atomic E-state index is 4.10. The lowest BCUT2D eigenvalue weighted by Crippen LogP contribution is -2.56. The number of aromatic nitrogens is 1. The molecule has 110 valence electrons. The van der Waals surface area contributed by atoms with Gasteiger partial charge in [0.1, 0.15) is 0 Å². The highest BCUT2D eigenvalue weighted by Crippen LogP contribution is 2.40. The van der Waals surface area contributed by atoms with E-state index in [1.54, 1.807) is 11.3 Å². The van der Waals surface area contributed by atoms with Crippen molar-refractivity contribution in [1.82, 2.24) is 14.8 Å². The van der Waals surface area contributed by atoms with Crippen LogP contribution in [0, 0.1) is 5.41 Å². The highest BCUT2D eigenvalue weighted by atomic mass is 32.1. The molecule has 0 aliphatic carbocycles. The molecular weight excluding hydrogens is 278 g/mol. The van der Waals surface area contributed by atoms with E-state index in [9.17, 15) is 0 Å². The summed E-state index contributed by atoms with van der Waals surface area (Å²) in [5.41, 5.74) is 3.43. The van der Waals surface area contributed by atoms with Crippen molar-refractivity contribution in [3.05, 3.63) is 52.5 Å². The molecule has 0 saturated carbocycles. The zero-order valence-corrected chi connectivity index (χ0v) is 13.1. The SMILES string of the molecule is c1cc(CN2CCC3(C2)CN(Cc2ccsc2)C3)ccn1. The quantitative estimate of drug-likeness (QED) is 0.865. The molecule has 0 atom stereocenters. The monoisotopic (exact) mass is 299 g/mol. The molecule has 0 radical (unpaired) electrons. The predicted octanol–water partition coefficient (Wildman–Crippen LogP) is 2.85. The van der Waals surface area contributed by atoms with Gasteiger partial charge in [0.2, 0.25) is 0 Å². The molecule has 2 aromatic heterocycles. The zero-order valence-electron chi connectivity index (χ0n) is 12.2. The third-order valence-electron chi connectivity index (χ3n) is 4.78. The molecule has 2 aliphatic rings. The normalized spacial score (nSPS) is 21.7. The summed E-state index contributed by atoms with van der Waals surface area (Å²) < 4.78 is 0. The summed E-state index contributed by atoms with van der Waals surface area (Å²) in [5.74, 6) is 0. The zero-order chi connectivity index (χ0) is 14.1. The molecule has 4 heteroatoms. The van der Waals surface area contributed by atoms with Gasteiger partial charge in [0.15, 0.2) is 0 Å². The maximum Gasteiger partial charge on any atom is 0.0271 e. The van der Waals surface area contributed by atoms with E-state index in [2.05, 4.69) is 43.7 Å². The molecule has 0 aromatic carbocycles. The Labute approximate surface area is 130 Å². The van der Waals surface area contributed by atoms with Crippen LogP contribution >= 0.6 is 11.3 Å². The van der Waals surface area contributed by atoms with Gasteiger partial charge in [-0.25, -0.2) is 0 Å². The van der Waals surface area contributed by atoms with Crippen molar-refractivity contribution in [1.29, 1.82) is 0 Å². The second-order valence-electron chi connectivity index (χ2n) is 6.59. The minimum absolute atomic E-state index is 0.572. The van der Waals surface area contributed by atoms with Gasteiger partial charge in [-0.15, -0.1) is 0 Å². The van der Waals surface area contributed by atoms with Crippen LogP contribution in [0.5, 0.6) is 0 Å². The lowest BCUT2D eigenvalue weighted by Gasteiger charge is -2.48. The van der Waals surface area contributed by atoms with Crippen molar-refractivity contribution in [3.8, 4) is 0 Å². The number of hydrogen-bond donors (Lipinski definition) is 0. The van der Waals surface area contributed by atoms with Gasteiger partial charge in [-0.2, -0.15) is 11.3 Å². The van der Waals surface area contributed by atoms with Crippen LogP contribution in [-0.4, -0.2) is 41.0 Å². The van der Waals surface area contributed by atoms with Crippen LogP contribution in [0.3, 0.4) is 0 Å². The van der Waals surface area contributed by atoms with Crippen LogP contribution < -0.4 is 0 Å². The van der Waals surface area contributed by atoms with Gasteiger partial charge in [0.05, 0.1) is 0 Å². The summed E-state index contributed by atoms with van der Waals surface area (Å²) in [6.07, 6.45) is 5.15. The third kappa shape index (κ3) is 2.89. The van der Waals surface area contributed by atoms with Crippen LogP contribution in [0.15, 0.2) is 41.4 Å². The van der Waals surface area contributed by atoms with Gasteiger partial charge in [-0.3, -0.25) is 14.8 Å². The summed E-state index contributed by atoms with van der Waals surface area (Å²) in [4.78, 5) is 9.30. The first kappa shape index (κ1) is 13.4. The van der Waals surface area contributed by atoms with E-state index in [-0.39, 0.29) is 0 Å². The third-order valence-corrected chi connectivity index (χ3v) is 5.51. The Kier molecular flexibility index (Phi) is 3.53. The van der Waals surface area contributed by atoms with Gasteiger partial charge in [0, 0.05) is 50.5 Å². The summed E-state index contributed by atoms with van der Waals surface area (Å²) in [5, 5.41) is 4.45. The molecule has 0 amide bonds. The fourth-order valence-electron chi connectivity index (χ4n) is 3.82. The first-order valence-electron chi connectivity index (χ1n) is 7.66. The lowest BCUT2D eigenvalue weighted by molar-refractivity contribution is 0.00169. The lowest BCUT2D eigenvalue weighted by atomic mass is 9.79. The van der Waals surface area contributed by atoms with Crippen LogP contribution in [0.1, 0.15) is 17.5 Å². The maximum atomic E-state index is 4.10. The van der Waals surface area contributed by atoms with E-state index >= 15 is 0 Å². The Morgan fingerprint density at radius 1 is 1.00 bits per heavy atom. The largest absolute Gasteiger partial charge is 0.298 e. The van der Waals surface area contributed by atoms with Gasteiger partial charge in [-0.1, -0.05) is 0 Å². The van der Waals surface area contributed by atoms with Crippen molar-refractivity contribution >= 4 is 11.3 Å². The summed E-state index contributed by atoms with van der Waals surface area (Å²) in [6, 6.07) is 6.52. The second kappa shape index (κ2) is 5.52. The number of hydrogen-bond acceptors (Lipinski definition) is 4. The number of thiophene rings is 1. The summed E-state index contributed by atoms with van der Waals surface area (Å²) in [6.45, 7) is 7.26. The Hall–Kier alpha value is -1.23. The Balaban J connectivity index is 1.29. The molecule has 21 heavy (non-hydrogen) atoms. The molecule has 2 aromatic rings. The number of nitrogens with zero attached hydrogens (tertiary/aromatic N) is 3. The van der Waals surface area contributed by atoms with Crippen molar-refractivity contribution in [2.75, 3.05) is 26.2 Å². The van der Waals surface area contributed by atoms with E-state index in [1.807, 2.05) is 12.4 Å². The molecule has 0 N–H and O–H groups in total. The van der Waals surface area contributed by atoms with E-state index in [4.69, 9.17) is 0 Å². The minimum Gasteiger partial charge on any atom is -0.298 e. The topological polar surface area (TPSA) is 19.4 Å².